The molecule has 0 aliphatic carbocycles. The van der Waals surface area contributed by atoms with E-state index >= 15 is 0 Å². The summed E-state index contributed by atoms with van der Waals surface area (Å²) in [6.07, 6.45) is 0.212. The summed E-state index contributed by atoms with van der Waals surface area (Å²) in [7, 11) is 0. The van der Waals surface area contributed by atoms with Gasteiger partial charge in [0.05, 0.1) is 16.1 Å². The SMILES string of the molecule is CC(C)(C)OC(=O)N1CC[C@H](C(=O)Nc2nc3cccc(-c4ccc5c(c4)OCO5)c3s2)C1. The van der Waals surface area contributed by atoms with Gasteiger partial charge in [-0.1, -0.05) is 29.5 Å². The number of benzene rings is 2. The quantitative estimate of drug-likeness (QED) is 0.590. The highest BCUT2D eigenvalue weighted by atomic mass is 32.1. The first-order valence-electron chi connectivity index (χ1n) is 10.9. The summed E-state index contributed by atoms with van der Waals surface area (Å²) in [5.74, 6) is 1.03. The summed E-state index contributed by atoms with van der Waals surface area (Å²) in [5, 5.41) is 3.49. The minimum Gasteiger partial charge on any atom is -0.454 e. The average molecular weight is 468 g/mol. The third-order valence-corrected chi connectivity index (χ3v) is 6.56. The molecule has 5 rings (SSSR count). The van der Waals surface area contributed by atoms with Crippen molar-refractivity contribution in [3.63, 3.8) is 0 Å². The molecule has 33 heavy (non-hydrogen) atoms. The van der Waals surface area contributed by atoms with Crippen molar-refractivity contribution in [3.8, 4) is 22.6 Å². The van der Waals surface area contributed by atoms with Gasteiger partial charge in [0.15, 0.2) is 16.6 Å². The maximum atomic E-state index is 12.9. The molecule has 3 heterocycles. The Labute approximate surface area is 195 Å². The fourth-order valence-corrected chi connectivity index (χ4v) is 4.97. The zero-order valence-corrected chi connectivity index (χ0v) is 19.5. The smallest absolute Gasteiger partial charge is 0.410 e. The number of carbonyl (C=O) groups excluding carboxylic acids is 2. The molecule has 2 aliphatic rings. The first-order chi connectivity index (χ1) is 15.8. The van der Waals surface area contributed by atoms with Crippen molar-refractivity contribution in [2.75, 3.05) is 25.2 Å². The molecule has 1 N–H and O–H groups in total. The summed E-state index contributed by atoms with van der Waals surface area (Å²) in [6, 6.07) is 11.8. The van der Waals surface area contributed by atoms with E-state index in [1.54, 1.807) is 4.90 Å². The Bertz CT molecular complexity index is 1230. The van der Waals surface area contributed by atoms with Crippen LogP contribution in [0.4, 0.5) is 9.93 Å². The third kappa shape index (κ3) is 4.45. The number of nitrogens with zero attached hydrogens (tertiary/aromatic N) is 2. The fourth-order valence-electron chi connectivity index (χ4n) is 3.97. The van der Waals surface area contributed by atoms with Gasteiger partial charge in [0.25, 0.3) is 0 Å². The zero-order chi connectivity index (χ0) is 23.2. The summed E-state index contributed by atoms with van der Waals surface area (Å²) in [4.78, 5) is 31.4. The second kappa shape index (κ2) is 8.22. The second-order valence-corrected chi connectivity index (χ2v) is 10.1. The number of fused-ring (bicyclic) bond motifs is 2. The van der Waals surface area contributed by atoms with Gasteiger partial charge in [-0.25, -0.2) is 9.78 Å². The van der Waals surface area contributed by atoms with Gasteiger partial charge in [0.2, 0.25) is 12.7 Å². The highest BCUT2D eigenvalue weighted by molar-refractivity contribution is 7.22. The van der Waals surface area contributed by atoms with Crippen LogP contribution < -0.4 is 14.8 Å². The van der Waals surface area contributed by atoms with Gasteiger partial charge >= 0.3 is 6.09 Å². The lowest BCUT2D eigenvalue weighted by atomic mass is 10.0. The number of ether oxygens (including phenoxy) is 3. The minimum absolute atomic E-state index is 0.134. The number of hydrogen-bond acceptors (Lipinski definition) is 7. The van der Waals surface area contributed by atoms with Gasteiger partial charge in [0, 0.05) is 18.7 Å². The lowest BCUT2D eigenvalue weighted by Crippen LogP contribution is -2.36. The lowest BCUT2D eigenvalue weighted by Gasteiger charge is -2.24. The molecule has 172 valence electrons. The molecule has 0 unspecified atom stereocenters. The summed E-state index contributed by atoms with van der Waals surface area (Å²) >= 11 is 1.43. The van der Waals surface area contributed by atoms with Crippen LogP contribution in [0.15, 0.2) is 36.4 Å². The first kappa shape index (κ1) is 21.5. The van der Waals surface area contributed by atoms with E-state index in [4.69, 9.17) is 14.2 Å². The van der Waals surface area contributed by atoms with Crippen LogP contribution in [-0.4, -0.2) is 47.4 Å². The number of likely N-dealkylation sites (tertiary alicyclic amines) is 1. The van der Waals surface area contributed by atoms with Crippen LogP contribution in [0.3, 0.4) is 0 Å². The third-order valence-electron chi connectivity index (χ3n) is 5.54. The predicted molar refractivity (Wildman–Crippen MR) is 126 cm³/mol. The maximum Gasteiger partial charge on any atom is 0.410 e. The van der Waals surface area contributed by atoms with Gasteiger partial charge in [0.1, 0.15) is 5.60 Å². The topological polar surface area (TPSA) is 90.0 Å². The number of thiazole rings is 1. The predicted octanol–water partition coefficient (Wildman–Crippen LogP) is 4.89. The van der Waals surface area contributed by atoms with Gasteiger partial charge in [-0.15, -0.1) is 0 Å². The molecule has 2 aliphatic heterocycles. The minimum atomic E-state index is -0.561. The van der Waals surface area contributed by atoms with Crippen molar-refractivity contribution < 1.29 is 23.8 Å². The molecule has 0 saturated carbocycles. The van der Waals surface area contributed by atoms with Crippen LogP contribution in [0, 0.1) is 5.92 Å². The monoisotopic (exact) mass is 467 g/mol. The summed E-state index contributed by atoms with van der Waals surface area (Å²) in [5.41, 5.74) is 2.26. The van der Waals surface area contributed by atoms with Gasteiger partial charge < -0.3 is 24.4 Å². The highest BCUT2D eigenvalue weighted by Crippen LogP contribution is 2.40. The highest BCUT2D eigenvalue weighted by Gasteiger charge is 2.33. The van der Waals surface area contributed by atoms with Gasteiger partial charge in [-0.3, -0.25) is 4.79 Å². The molecular formula is C24H25N3O5S. The molecule has 1 aromatic heterocycles. The number of anilines is 1. The van der Waals surface area contributed by atoms with E-state index in [9.17, 15) is 9.59 Å². The average Bonchev–Trinajstić information content (AvgIpc) is 3.49. The fraction of sp³-hybridized carbons (Fsp3) is 0.375. The van der Waals surface area contributed by atoms with E-state index in [1.165, 1.54) is 11.3 Å². The van der Waals surface area contributed by atoms with E-state index in [2.05, 4.69) is 10.3 Å². The molecule has 3 aromatic rings. The molecule has 8 nitrogen and oxygen atoms in total. The Morgan fingerprint density at radius 3 is 2.82 bits per heavy atom. The van der Waals surface area contributed by atoms with Crippen molar-refractivity contribution in [1.82, 2.24) is 9.88 Å². The first-order valence-corrected chi connectivity index (χ1v) is 11.7. The van der Waals surface area contributed by atoms with E-state index in [0.29, 0.717) is 24.6 Å². The number of nitrogens with one attached hydrogen (secondary N) is 1. The molecule has 2 aromatic carbocycles. The van der Waals surface area contributed by atoms with Crippen molar-refractivity contribution in [1.29, 1.82) is 0 Å². The molecule has 0 radical (unpaired) electrons. The molecular weight excluding hydrogens is 442 g/mol. The normalized spacial score (nSPS) is 17.4. The van der Waals surface area contributed by atoms with Crippen LogP contribution in [-0.2, 0) is 9.53 Å². The Kier molecular flexibility index (Phi) is 5.36. The lowest BCUT2D eigenvalue weighted by molar-refractivity contribution is -0.119. The largest absolute Gasteiger partial charge is 0.454 e. The standard InChI is InChI=1S/C24H25N3O5S/c1-24(2,3)32-23(29)27-10-9-15(12-27)21(28)26-22-25-17-6-4-5-16(20(17)33-22)14-7-8-18-19(11-14)31-13-30-18/h4-8,11,15H,9-10,12-13H2,1-3H3,(H,25,26,28)/t15-/m0/s1. The van der Waals surface area contributed by atoms with Crippen molar-refractivity contribution in [3.05, 3.63) is 36.4 Å². The van der Waals surface area contributed by atoms with Crippen LogP contribution in [0.25, 0.3) is 21.3 Å². The van der Waals surface area contributed by atoms with E-state index in [1.807, 2.05) is 57.2 Å². The van der Waals surface area contributed by atoms with E-state index in [-0.39, 0.29) is 24.7 Å². The van der Waals surface area contributed by atoms with Crippen LogP contribution in [0.1, 0.15) is 27.2 Å². The number of rotatable bonds is 3. The Morgan fingerprint density at radius 2 is 2.00 bits per heavy atom. The van der Waals surface area contributed by atoms with Crippen LogP contribution in [0.5, 0.6) is 11.5 Å². The van der Waals surface area contributed by atoms with E-state index < -0.39 is 5.60 Å². The molecule has 1 atom stereocenters. The van der Waals surface area contributed by atoms with Crippen molar-refractivity contribution >= 4 is 38.7 Å². The number of hydrogen-bond donors (Lipinski definition) is 1. The molecule has 9 heteroatoms. The molecule has 1 fully saturated rings. The summed E-state index contributed by atoms with van der Waals surface area (Å²) < 4.78 is 17.3. The van der Waals surface area contributed by atoms with Crippen molar-refractivity contribution in [2.45, 2.75) is 32.8 Å². The summed E-state index contributed by atoms with van der Waals surface area (Å²) in [6.45, 7) is 6.56. The zero-order valence-electron chi connectivity index (χ0n) is 18.7. The number of aromatic nitrogens is 1. The Balaban J connectivity index is 1.31. The van der Waals surface area contributed by atoms with Gasteiger partial charge in [-0.2, -0.15) is 0 Å². The van der Waals surface area contributed by atoms with Crippen molar-refractivity contribution in [2.24, 2.45) is 5.92 Å². The van der Waals surface area contributed by atoms with Gasteiger partial charge in [-0.05, 0) is 51.0 Å². The molecule has 0 spiro atoms. The second-order valence-electron chi connectivity index (χ2n) is 9.14. The number of amides is 2. The maximum absolute atomic E-state index is 12.9. The molecule has 2 amide bonds. The Hall–Kier alpha value is -3.33. The molecule has 1 saturated heterocycles. The molecule has 0 bridgehead atoms. The van der Waals surface area contributed by atoms with Crippen LogP contribution >= 0.6 is 11.3 Å². The number of carbonyl (C=O) groups is 2. The van der Waals surface area contributed by atoms with E-state index in [0.717, 1.165) is 32.8 Å². The van der Waals surface area contributed by atoms with Crippen LogP contribution in [0.2, 0.25) is 0 Å². The Morgan fingerprint density at radius 1 is 1.18 bits per heavy atom.